The molecule has 0 saturated heterocycles. The lowest BCUT2D eigenvalue weighted by Gasteiger charge is -2.22. The Labute approximate surface area is 178 Å². The Kier molecular flexibility index (Phi) is 11.8. The first-order chi connectivity index (χ1) is 12.2. The number of amides is 1. The first-order valence-corrected chi connectivity index (χ1v) is 10.3. The molecule has 0 aromatic carbocycles. The summed E-state index contributed by atoms with van der Waals surface area (Å²) in [7, 11) is 0. The van der Waals surface area contributed by atoms with E-state index in [0.717, 1.165) is 36.8 Å². The molecule has 6 nitrogen and oxygen atoms in total. The van der Waals surface area contributed by atoms with Gasteiger partial charge in [0.15, 0.2) is 5.96 Å². The van der Waals surface area contributed by atoms with Gasteiger partial charge in [-0.15, -0.1) is 35.3 Å². The monoisotopic (exact) mass is 493 g/mol. The molecule has 3 N–H and O–H groups in total. The van der Waals surface area contributed by atoms with Crippen LogP contribution in [0.3, 0.4) is 0 Å². The van der Waals surface area contributed by atoms with Crippen LogP contribution in [0.4, 0.5) is 0 Å². The van der Waals surface area contributed by atoms with Gasteiger partial charge in [-0.1, -0.05) is 26.2 Å². The van der Waals surface area contributed by atoms with Crippen molar-refractivity contribution >= 4 is 47.2 Å². The fourth-order valence-corrected chi connectivity index (χ4v) is 3.70. The van der Waals surface area contributed by atoms with E-state index in [9.17, 15) is 4.79 Å². The van der Waals surface area contributed by atoms with Gasteiger partial charge in [-0.3, -0.25) is 4.79 Å². The molecular formula is C18H32IN5OS. The Balaban J connectivity index is 0.00000338. The number of halogens is 1. The van der Waals surface area contributed by atoms with E-state index in [1.165, 1.54) is 24.1 Å². The average molecular weight is 493 g/mol. The van der Waals surface area contributed by atoms with Crippen molar-refractivity contribution in [3.63, 3.8) is 0 Å². The third kappa shape index (κ3) is 8.66. The quantitative estimate of drug-likeness (QED) is 0.295. The highest BCUT2D eigenvalue weighted by molar-refractivity contribution is 14.0. The number of guanidine groups is 1. The predicted molar refractivity (Wildman–Crippen MR) is 119 cm³/mol. The van der Waals surface area contributed by atoms with Gasteiger partial charge in [0.05, 0.1) is 6.54 Å². The van der Waals surface area contributed by atoms with Crippen LogP contribution in [0.15, 0.2) is 11.2 Å². The smallest absolute Gasteiger partial charge is 0.221 e. The zero-order valence-corrected chi connectivity index (χ0v) is 19.0. The highest BCUT2D eigenvalue weighted by Gasteiger charge is 2.15. The van der Waals surface area contributed by atoms with Crippen molar-refractivity contribution in [2.45, 2.75) is 71.4 Å². The average Bonchev–Trinajstić information content (AvgIpc) is 3.08. The van der Waals surface area contributed by atoms with E-state index in [1.807, 2.05) is 13.1 Å². The number of aliphatic imine (C=N–C) groups is 1. The molecule has 2 rings (SSSR count). The summed E-state index contributed by atoms with van der Waals surface area (Å²) in [6.07, 6.45) is 9.41. The summed E-state index contributed by atoms with van der Waals surface area (Å²) < 4.78 is 0. The molecular weight excluding hydrogens is 461 g/mol. The van der Waals surface area contributed by atoms with Crippen molar-refractivity contribution in [1.29, 1.82) is 0 Å². The summed E-state index contributed by atoms with van der Waals surface area (Å²) >= 11 is 1.70. The largest absolute Gasteiger partial charge is 0.357 e. The van der Waals surface area contributed by atoms with Gasteiger partial charge in [0.1, 0.15) is 5.01 Å². The Hall–Kier alpha value is -0.900. The molecule has 1 saturated carbocycles. The second-order valence-corrected chi connectivity index (χ2v) is 7.55. The van der Waals surface area contributed by atoms with E-state index in [4.69, 9.17) is 0 Å². The molecule has 148 valence electrons. The van der Waals surface area contributed by atoms with Gasteiger partial charge in [-0.2, -0.15) is 0 Å². The highest BCUT2D eigenvalue weighted by atomic mass is 127. The Morgan fingerprint density at radius 1 is 1.27 bits per heavy atom. The summed E-state index contributed by atoms with van der Waals surface area (Å²) in [4.78, 5) is 22.3. The van der Waals surface area contributed by atoms with E-state index in [1.54, 1.807) is 11.3 Å². The van der Waals surface area contributed by atoms with Crippen LogP contribution in [0.5, 0.6) is 0 Å². The second-order valence-electron chi connectivity index (χ2n) is 6.35. The molecule has 1 aromatic heterocycles. The first kappa shape index (κ1) is 23.1. The molecule has 0 radical (unpaired) electrons. The molecule has 8 heteroatoms. The first-order valence-electron chi connectivity index (χ1n) is 9.46. The topological polar surface area (TPSA) is 78.4 Å². The number of carbonyl (C=O) groups excluding carboxylic acids is 1. The highest BCUT2D eigenvalue weighted by Crippen LogP contribution is 2.17. The Morgan fingerprint density at radius 3 is 2.69 bits per heavy atom. The lowest BCUT2D eigenvalue weighted by molar-refractivity contribution is -0.121. The number of hydrogen-bond acceptors (Lipinski definition) is 4. The van der Waals surface area contributed by atoms with Crippen LogP contribution in [0.25, 0.3) is 0 Å². The van der Waals surface area contributed by atoms with E-state index in [-0.39, 0.29) is 29.9 Å². The van der Waals surface area contributed by atoms with E-state index in [2.05, 4.69) is 32.9 Å². The zero-order chi connectivity index (χ0) is 17.9. The van der Waals surface area contributed by atoms with Crippen LogP contribution in [0, 0.1) is 0 Å². The van der Waals surface area contributed by atoms with E-state index >= 15 is 0 Å². The van der Waals surface area contributed by atoms with Gasteiger partial charge in [-0.25, -0.2) is 9.98 Å². The second kappa shape index (κ2) is 13.3. The zero-order valence-electron chi connectivity index (χ0n) is 15.8. The van der Waals surface area contributed by atoms with Crippen LogP contribution >= 0.6 is 35.3 Å². The van der Waals surface area contributed by atoms with E-state index in [0.29, 0.717) is 25.6 Å². The lowest BCUT2D eigenvalue weighted by atomic mass is 9.95. The van der Waals surface area contributed by atoms with Crippen molar-refractivity contribution in [3.8, 4) is 0 Å². The minimum Gasteiger partial charge on any atom is -0.357 e. The molecule has 1 fully saturated rings. The Bertz CT molecular complexity index is 558. The normalized spacial score (nSPS) is 15.2. The maximum absolute atomic E-state index is 12.0. The SMILES string of the molecule is CCNC(=NCc1ncc(CC)s1)NCCC(=O)NC1CCCCC1.I. The molecule has 1 aliphatic rings. The van der Waals surface area contributed by atoms with Crippen LogP contribution in [-0.4, -0.2) is 36.0 Å². The summed E-state index contributed by atoms with van der Waals surface area (Å²) in [5.41, 5.74) is 0. The summed E-state index contributed by atoms with van der Waals surface area (Å²) in [6.45, 7) is 6.10. The molecule has 0 atom stereocenters. The maximum Gasteiger partial charge on any atom is 0.221 e. The molecule has 0 spiro atoms. The minimum atomic E-state index is 0. The summed E-state index contributed by atoms with van der Waals surface area (Å²) in [5.74, 6) is 0.865. The standard InChI is InChI=1S/C18H31N5OS.HI/c1-3-15-12-21-17(25-15)13-22-18(19-4-2)20-11-10-16(24)23-14-8-6-5-7-9-14;/h12,14H,3-11,13H2,1-2H3,(H,23,24)(H2,19,20,22);1H. The Morgan fingerprint density at radius 2 is 2.04 bits per heavy atom. The lowest BCUT2D eigenvalue weighted by Crippen LogP contribution is -2.41. The fraction of sp³-hybridized carbons (Fsp3) is 0.722. The van der Waals surface area contributed by atoms with Gasteiger partial charge in [0.25, 0.3) is 0 Å². The van der Waals surface area contributed by atoms with E-state index < -0.39 is 0 Å². The van der Waals surface area contributed by atoms with Gasteiger partial charge in [-0.05, 0) is 26.2 Å². The third-order valence-electron chi connectivity index (χ3n) is 4.28. The molecule has 1 aromatic rings. The van der Waals surface area contributed by atoms with Crippen LogP contribution < -0.4 is 16.0 Å². The molecule has 26 heavy (non-hydrogen) atoms. The molecule has 0 bridgehead atoms. The summed E-state index contributed by atoms with van der Waals surface area (Å²) in [5, 5.41) is 10.6. The number of thiazole rings is 1. The number of hydrogen-bond donors (Lipinski definition) is 3. The number of nitrogens with zero attached hydrogens (tertiary/aromatic N) is 2. The van der Waals surface area contributed by atoms with Gasteiger partial charge >= 0.3 is 0 Å². The van der Waals surface area contributed by atoms with Crippen molar-refractivity contribution in [3.05, 3.63) is 16.1 Å². The van der Waals surface area contributed by atoms with Crippen molar-refractivity contribution < 1.29 is 4.79 Å². The number of aromatic nitrogens is 1. The molecule has 1 aliphatic carbocycles. The van der Waals surface area contributed by atoms with Gasteiger partial charge in [0, 0.05) is 36.6 Å². The maximum atomic E-state index is 12.0. The van der Waals surface area contributed by atoms with Crippen molar-refractivity contribution in [2.24, 2.45) is 4.99 Å². The summed E-state index contributed by atoms with van der Waals surface area (Å²) in [6, 6.07) is 0.376. The minimum absolute atomic E-state index is 0. The van der Waals surface area contributed by atoms with Gasteiger partial charge < -0.3 is 16.0 Å². The molecule has 0 aliphatic heterocycles. The number of aryl methyl sites for hydroxylation is 1. The van der Waals surface area contributed by atoms with Crippen LogP contribution in [0.1, 0.15) is 62.3 Å². The van der Waals surface area contributed by atoms with Gasteiger partial charge in [0.2, 0.25) is 5.91 Å². The molecule has 1 amide bonds. The number of carbonyl (C=O) groups is 1. The molecule has 1 heterocycles. The fourth-order valence-electron chi connectivity index (χ4n) is 2.91. The number of rotatable bonds is 8. The van der Waals surface area contributed by atoms with Crippen LogP contribution in [0.2, 0.25) is 0 Å². The molecule has 0 unspecified atom stereocenters. The van der Waals surface area contributed by atoms with Crippen molar-refractivity contribution in [2.75, 3.05) is 13.1 Å². The third-order valence-corrected chi connectivity index (χ3v) is 5.41. The van der Waals surface area contributed by atoms with Crippen LogP contribution in [-0.2, 0) is 17.8 Å². The number of nitrogens with one attached hydrogen (secondary N) is 3. The predicted octanol–water partition coefficient (Wildman–Crippen LogP) is 3.22. The van der Waals surface area contributed by atoms with Crippen molar-refractivity contribution in [1.82, 2.24) is 20.9 Å².